The van der Waals surface area contributed by atoms with Crippen molar-refractivity contribution in [2.45, 2.75) is 44.8 Å². The van der Waals surface area contributed by atoms with Crippen molar-refractivity contribution in [2.24, 2.45) is 0 Å². The van der Waals surface area contributed by atoms with E-state index in [0.717, 1.165) is 0 Å². The molecule has 0 saturated carbocycles. The molecule has 3 nitrogen and oxygen atoms in total. The number of fused-ring (bicyclic) bond motifs is 1. The average molecular weight is 295 g/mol. The fourth-order valence-corrected chi connectivity index (χ4v) is 2.77. The van der Waals surface area contributed by atoms with Crippen LogP contribution in [0.2, 0.25) is 0 Å². The van der Waals surface area contributed by atoms with E-state index >= 15 is 0 Å². The second-order valence-corrected chi connectivity index (χ2v) is 6.93. The van der Waals surface area contributed by atoms with Crippen molar-refractivity contribution in [3.8, 4) is 0 Å². The Morgan fingerprint density at radius 2 is 1.67 bits per heavy atom. The highest BCUT2D eigenvalue weighted by Gasteiger charge is 2.52. The van der Waals surface area contributed by atoms with E-state index in [2.05, 4.69) is 0 Å². The molecule has 0 radical (unpaired) electrons. The van der Waals surface area contributed by atoms with Gasteiger partial charge in [-0.2, -0.15) is 8.78 Å². The summed E-state index contributed by atoms with van der Waals surface area (Å²) in [7, 11) is 1.07. The van der Waals surface area contributed by atoms with E-state index in [4.69, 9.17) is 9.31 Å². The molecule has 6 heteroatoms. The fourth-order valence-electron chi connectivity index (χ4n) is 2.77. The number of anilines is 1. The number of alkyl halides is 2. The molecule has 114 valence electrons. The summed E-state index contributed by atoms with van der Waals surface area (Å²) in [6.45, 7) is 7.51. The summed E-state index contributed by atoms with van der Waals surface area (Å²) in [4.78, 5) is 1.57. The van der Waals surface area contributed by atoms with Gasteiger partial charge >= 0.3 is 7.12 Å². The molecule has 3 rings (SSSR count). The van der Waals surface area contributed by atoms with Crippen LogP contribution >= 0.6 is 0 Å². The SMILES string of the molecule is CN1CC(F)(F)c2cc(B3OC(C)(C)C(C)(C)O3)ccc21. The van der Waals surface area contributed by atoms with Crippen molar-refractivity contribution in [3.63, 3.8) is 0 Å². The van der Waals surface area contributed by atoms with Crippen LogP contribution in [0.1, 0.15) is 33.3 Å². The summed E-state index contributed by atoms with van der Waals surface area (Å²) < 4.78 is 39.9. The van der Waals surface area contributed by atoms with Crippen molar-refractivity contribution >= 4 is 18.3 Å². The molecule has 0 atom stereocenters. The Morgan fingerprint density at radius 3 is 2.24 bits per heavy atom. The lowest BCUT2D eigenvalue weighted by Gasteiger charge is -2.32. The van der Waals surface area contributed by atoms with E-state index in [1.807, 2.05) is 27.7 Å². The molecule has 1 saturated heterocycles. The van der Waals surface area contributed by atoms with Crippen LogP contribution < -0.4 is 10.4 Å². The lowest BCUT2D eigenvalue weighted by atomic mass is 9.78. The van der Waals surface area contributed by atoms with E-state index < -0.39 is 24.2 Å². The molecule has 2 aliphatic rings. The normalized spacial score (nSPS) is 25.3. The van der Waals surface area contributed by atoms with Crippen molar-refractivity contribution in [3.05, 3.63) is 23.8 Å². The summed E-state index contributed by atoms with van der Waals surface area (Å²) in [5.41, 5.74) is 0.311. The Kier molecular flexibility index (Phi) is 2.96. The van der Waals surface area contributed by atoms with Crippen molar-refractivity contribution in [1.29, 1.82) is 0 Å². The number of likely N-dealkylation sites (N-methyl/N-ethyl adjacent to an activating group) is 1. The van der Waals surface area contributed by atoms with Crippen LogP contribution in [0.15, 0.2) is 18.2 Å². The molecule has 0 bridgehead atoms. The quantitative estimate of drug-likeness (QED) is 0.743. The Labute approximate surface area is 124 Å². The molecular formula is C15H20BF2NO2. The number of hydrogen-bond donors (Lipinski definition) is 0. The molecule has 1 aromatic rings. The Morgan fingerprint density at radius 1 is 1.10 bits per heavy atom. The highest BCUT2D eigenvalue weighted by atomic mass is 19.3. The molecule has 0 amide bonds. The second-order valence-electron chi connectivity index (χ2n) is 6.93. The monoisotopic (exact) mass is 295 g/mol. The van der Waals surface area contributed by atoms with Gasteiger partial charge in [0.2, 0.25) is 0 Å². The van der Waals surface area contributed by atoms with Gasteiger partial charge in [-0.3, -0.25) is 0 Å². The van der Waals surface area contributed by atoms with Crippen LogP contribution in [-0.2, 0) is 15.2 Å². The third kappa shape index (κ3) is 2.16. The first kappa shape index (κ1) is 14.8. The summed E-state index contributed by atoms with van der Waals surface area (Å²) in [5, 5.41) is 0. The van der Waals surface area contributed by atoms with Gasteiger partial charge in [0.15, 0.2) is 0 Å². The minimum absolute atomic E-state index is 0.0530. The van der Waals surface area contributed by atoms with E-state index in [9.17, 15) is 8.78 Å². The lowest BCUT2D eigenvalue weighted by molar-refractivity contribution is 0.00578. The smallest absolute Gasteiger partial charge is 0.399 e. The molecule has 0 aliphatic carbocycles. The first-order chi connectivity index (χ1) is 9.53. The van der Waals surface area contributed by atoms with Gasteiger partial charge in [0.25, 0.3) is 5.92 Å². The largest absolute Gasteiger partial charge is 0.494 e. The summed E-state index contributed by atoms with van der Waals surface area (Å²) in [6, 6.07) is 5.04. The molecular weight excluding hydrogens is 275 g/mol. The first-order valence-corrected chi connectivity index (χ1v) is 7.12. The van der Waals surface area contributed by atoms with Gasteiger partial charge in [-0.05, 0) is 39.2 Å². The Balaban J connectivity index is 1.97. The van der Waals surface area contributed by atoms with Crippen molar-refractivity contribution < 1.29 is 18.1 Å². The third-order valence-electron chi connectivity index (χ3n) is 4.79. The fraction of sp³-hybridized carbons (Fsp3) is 0.600. The highest BCUT2D eigenvalue weighted by molar-refractivity contribution is 6.62. The van der Waals surface area contributed by atoms with Gasteiger partial charge in [0.05, 0.1) is 17.7 Å². The Bertz CT molecular complexity index is 573. The van der Waals surface area contributed by atoms with Crippen molar-refractivity contribution in [2.75, 3.05) is 18.5 Å². The molecule has 0 aromatic heterocycles. The molecule has 0 spiro atoms. The number of rotatable bonds is 1. The van der Waals surface area contributed by atoms with Gasteiger partial charge < -0.3 is 14.2 Å². The van der Waals surface area contributed by atoms with Gasteiger partial charge in [-0.1, -0.05) is 12.1 Å². The zero-order chi connectivity index (χ0) is 15.6. The van der Waals surface area contributed by atoms with Crippen LogP contribution in [0, 0.1) is 0 Å². The highest BCUT2D eigenvalue weighted by Crippen LogP contribution is 2.42. The van der Waals surface area contributed by atoms with E-state index in [1.165, 1.54) is 6.07 Å². The minimum atomic E-state index is -2.83. The molecule has 2 aliphatic heterocycles. The number of hydrogen-bond acceptors (Lipinski definition) is 3. The predicted molar refractivity (Wildman–Crippen MR) is 79.3 cm³/mol. The van der Waals surface area contributed by atoms with Gasteiger partial charge in [-0.25, -0.2) is 0 Å². The van der Waals surface area contributed by atoms with Gasteiger partial charge in [-0.15, -0.1) is 0 Å². The molecule has 0 unspecified atom stereocenters. The zero-order valence-corrected chi connectivity index (χ0v) is 13.0. The van der Waals surface area contributed by atoms with Gasteiger partial charge in [0, 0.05) is 18.3 Å². The molecule has 1 aromatic carbocycles. The summed E-state index contributed by atoms with van der Waals surface area (Å²) in [6.07, 6.45) is 0. The zero-order valence-electron chi connectivity index (χ0n) is 13.0. The number of halogens is 2. The number of nitrogens with zero attached hydrogens (tertiary/aromatic N) is 1. The molecule has 1 fully saturated rings. The van der Waals surface area contributed by atoms with Gasteiger partial charge in [0.1, 0.15) is 0 Å². The van der Waals surface area contributed by atoms with E-state index in [0.29, 0.717) is 11.2 Å². The number of benzene rings is 1. The summed E-state index contributed by atoms with van der Waals surface area (Å²) in [5.74, 6) is -2.83. The predicted octanol–water partition coefficient (Wildman–Crippen LogP) is 2.53. The van der Waals surface area contributed by atoms with Crippen LogP contribution in [0.5, 0.6) is 0 Å². The maximum atomic E-state index is 14.0. The second kappa shape index (κ2) is 4.20. The lowest BCUT2D eigenvalue weighted by Crippen LogP contribution is -2.41. The standard InChI is InChI=1S/C15H20BF2NO2/c1-13(2)14(3,4)21-16(20-13)10-6-7-12-11(8-10)15(17,18)9-19(12)5/h6-8H,9H2,1-5H3. The van der Waals surface area contributed by atoms with Crippen molar-refractivity contribution in [1.82, 2.24) is 0 Å². The maximum absolute atomic E-state index is 14.0. The molecule has 0 N–H and O–H groups in total. The maximum Gasteiger partial charge on any atom is 0.494 e. The Hall–Kier alpha value is -1.14. The van der Waals surface area contributed by atoms with E-state index in [-0.39, 0.29) is 12.1 Å². The van der Waals surface area contributed by atoms with Crippen LogP contribution in [0.25, 0.3) is 0 Å². The molecule has 2 heterocycles. The topological polar surface area (TPSA) is 21.7 Å². The first-order valence-electron chi connectivity index (χ1n) is 7.12. The third-order valence-corrected chi connectivity index (χ3v) is 4.79. The minimum Gasteiger partial charge on any atom is -0.399 e. The van der Waals surface area contributed by atoms with Crippen LogP contribution in [0.4, 0.5) is 14.5 Å². The van der Waals surface area contributed by atoms with Crippen LogP contribution in [-0.4, -0.2) is 31.9 Å². The molecule has 21 heavy (non-hydrogen) atoms. The van der Waals surface area contributed by atoms with E-state index in [1.54, 1.807) is 24.1 Å². The summed E-state index contributed by atoms with van der Waals surface area (Å²) >= 11 is 0. The average Bonchev–Trinajstić information content (AvgIpc) is 2.70. The van der Waals surface area contributed by atoms with Crippen LogP contribution in [0.3, 0.4) is 0 Å².